The van der Waals surface area contributed by atoms with Crippen LogP contribution in [0.5, 0.6) is 0 Å². The Labute approximate surface area is 187 Å². The number of halogens is 6. The molecule has 2 nitrogen and oxygen atoms in total. The number of hydrogen-bond acceptors (Lipinski definition) is 1. The Balaban J connectivity index is 0. The van der Waals surface area contributed by atoms with Crippen LogP contribution in [0, 0.1) is 7.43 Å². The molecule has 174 valence electrons. The van der Waals surface area contributed by atoms with E-state index in [2.05, 4.69) is 0 Å². The molecule has 0 heterocycles. The van der Waals surface area contributed by atoms with Crippen molar-refractivity contribution in [1.29, 1.82) is 0 Å². The molecular formula is C19H27BF6NNiOP. The Kier molecular flexibility index (Phi) is 11.2. The van der Waals surface area contributed by atoms with Gasteiger partial charge in [0.15, 0.2) is 0 Å². The van der Waals surface area contributed by atoms with Crippen molar-refractivity contribution in [2.45, 2.75) is 64.2 Å². The van der Waals surface area contributed by atoms with Crippen molar-refractivity contribution < 1.29 is 47.5 Å². The zero-order chi connectivity index (χ0) is 22.1. The van der Waals surface area contributed by atoms with Crippen LogP contribution in [0.25, 0.3) is 5.41 Å². The molecule has 0 saturated heterocycles. The fourth-order valence-corrected chi connectivity index (χ4v) is 6.73. The topological polar surface area (TPSA) is 31.5 Å². The maximum absolute atomic E-state index is 12.9. The molecule has 11 heteroatoms. The maximum Gasteiger partial charge on any atom is 2.00 e. The van der Waals surface area contributed by atoms with Crippen LogP contribution in [0.3, 0.4) is 0 Å². The number of benzene rings is 1. The van der Waals surface area contributed by atoms with E-state index in [4.69, 9.17) is 4.65 Å². The summed E-state index contributed by atoms with van der Waals surface area (Å²) >= 11 is 0. The minimum absolute atomic E-state index is 0. The summed E-state index contributed by atoms with van der Waals surface area (Å²) in [5.41, 5.74) is -3.31. The molecule has 0 fully saturated rings. The quantitative estimate of drug-likeness (QED) is 0.121. The summed E-state index contributed by atoms with van der Waals surface area (Å²) in [7, 11) is -0.519. The van der Waals surface area contributed by atoms with Gasteiger partial charge in [-0.15, -0.1) is 0 Å². The molecule has 0 spiro atoms. The molecular weight excluding hydrogens is 473 g/mol. The van der Waals surface area contributed by atoms with E-state index in [9.17, 15) is 31.8 Å². The van der Waals surface area contributed by atoms with Crippen molar-refractivity contribution >= 4 is 26.8 Å². The van der Waals surface area contributed by atoms with Crippen LogP contribution in [-0.4, -0.2) is 29.9 Å². The van der Waals surface area contributed by atoms with E-state index < -0.39 is 42.8 Å². The van der Waals surface area contributed by atoms with Crippen LogP contribution in [0.15, 0.2) is 18.2 Å². The van der Waals surface area contributed by atoms with Gasteiger partial charge in [0.05, 0.1) is 27.6 Å². The fourth-order valence-electron chi connectivity index (χ4n) is 3.03. The average Bonchev–Trinajstić information content (AvgIpc) is 2.46. The van der Waals surface area contributed by atoms with E-state index in [1.165, 1.54) is 0 Å². The first kappa shape index (κ1) is 31.4. The number of hydrogen-bond donors (Lipinski definition) is 0. The molecule has 0 aromatic heterocycles. The zero-order valence-corrected chi connectivity index (χ0v) is 19.9. The molecule has 1 rings (SSSR count). The van der Waals surface area contributed by atoms with Gasteiger partial charge in [-0.1, -0.05) is 25.5 Å². The molecule has 0 atom stereocenters. The molecule has 1 aromatic carbocycles. The second kappa shape index (κ2) is 10.7. The molecule has 0 bridgehead atoms. The van der Waals surface area contributed by atoms with E-state index in [1.54, 1.807) is 0 Å². The Bertz CT molecular complexity index is 665. The smallest absolute Gasteiger partial charge is 0.787 e. The first-order valence-electron chi connectivity index (χ1n) is 8.53. The van der Waals surface area contributed by atoms with E-state index in [0.29, 0.717) is 19.6 Å². The van der Waals surface area contributed by atoms with E-state index in [0.717, 1.165) is 0 Å². The predicted molar refractivity (Wildman–Crippen MR) is 110 cm³/mol. The van der Waals surface area contributed by atoms with Gasteiger partial charge < -0.3 is 17.5 Å². The van der Waals surface area contributed by atoms with Crippen LogP contribution in [0.2, 0.25) is 0 Å². The normalized spacial score (nSPS) is 12.8. The zero-order valence-electron chi connectivity index (χ0n) is 18.0. The molecule has 0 aliphatic heterocycles. The molecule has 0 unspecified atom stereocenters. The van der Waals surface area contributed by atoms with Gasteiger partial charge in [0, 0.05) is 7.92 Å². The van der Waals surface area contributed by atoms with Gasteiger partial charge in [-0.3, -0.25) is 0 Å². The third-order valence-electron chi connectivity index (χ3n) is 4.08. The summed E-state index contributed by atoms with van der Waals surface area (Å²) < 4.78 is 82.4. The summed E-state index contributed by atoms with van der Waals surface area (Å²) in [6.07, 6.45) is -9.69. The number of rotatable bonds is 4. The first-order valence-corrected chi connectivity index (χ1v) is 10.2. The summed E-state index contributed by atoms with van der Waals surface area (Å²) in [4.78, 5) is 0. The van der Waals surface area contributed by atoms with Crippen LogP contribution in [-0.2, 0) is 33.5 Å². The third-order valence-corrected chi connectivity index (χ3v) is 8.36. The Morgan fingerprint density at radius 3 is 1.53 bits per heavy atom. The van der Waals surface area contributed by atoms with Crippen LogP contribution < -0.4 is 5.46 Å². The first-order chi connectivity index (χ1) is 12.3. The van der Waals surface area contributed by atoms with Gasteiger partial charge in [-0.2, -0.15) is 26.3 Å². The van der Waals surface area contributed by atoms with Gasteiger partial charge in [0.2, 0.25) is 0 Å². The summed E-state index contributed by atoms with van der Waals surface area (Å²) in [6.45, 7) is 12.1. The van der Waals surface area contributed by atoms with Gasteiger partial charge in [-0.25, -0.2) is 5.46 Å². The standard InChI is InChI=1S/C18H23BF6NOP.CH3.Ni/c1-15(2,3)28(16(4,5)6)10-14(26)27-19-13-8-11(17(20,21)22)7-12(9-13)18(23,24)25;;/h7-9H,10H2,1-6H3;1H3;/q-2;-1;+2/p+1. The SMILES string of the molecule is CC(C)(C)[PH+](CC(=[N-])O[B-]c1cc(C(F)(F)F)cc(C(F)(F)F)c1)C(C)(C)C.[CH3-].[Ni+2]. The van der Waals surface area contributed by atoms with Gasteiger partial charge in [0.25, 0.3) is 0 Å². The number of alkyl halides is 6. The van der Waals surface area contributed by atoms with E-state index in [1.807, 2.05) is 41.5 Å². The van der Waals surface area contributed by atoms with Crippen molar-refractivity contribution in [3.63, 3.8) is 0 Å². The van der Waals surface area contributed by atoms with E-state index >= 15 is 0 Å². The Morgan fingerprint density at radius 2 is 1.23 bits per heavy atom. The van der Waals surface area contributed by atoms with Crippen molar-refractivity contribution in [2.24, 2.45) is 0 Å². The fraction of sp³-hybridized carbons (Fsp3) is 0.579. The Hall–Kier alpha value is -0.742. The minimum Gasteiger partial charge on any atom is -0.787 e. The Morgan fingerprint density at radius 1 is 0.867 bits per heavy atom. The summed E-state index contributed by atoms with van der Waals surface area (Å²) in [5.74, 6) is -0.426. The van der Waals surface area contributed by atoms with Gasteiger partial charge in [0.1, 0.15) is 0 Å². The van der Waals surface area contributed by atoms with Crippen molar-refractivity contribution in [3.8, 4) is 0 Å². The molecule has 0 aliphatic carbocycles. The van der Waals surface area contributed by atoms with E-state index in [-0.39, 0.29) is 46.5 Å². The molecule has 0 aliphatic rings. The second-order valence-corrected chi connectivity index (χ2v) is 12.9. The molecule has 0 amide bonds. The van der Waals surface area contributed by atoms with Gasteiger partial charge in [-0.05, 0) is 47.6 Å². The molecule has 2 radical (unpaired) electrons. The third kappa shape index (κ3) is 9.60. The number of nitrogens with zero attached hydrogens (tertiary/aromatic N) is 1. The second-order valence-electron chi connectivity index (χ2n) is 8.62. The van der Waals surface area contributed by atoms with Crippen LogP contribution in [0.1, 0.15) is 52.7 Å². The van der Waals surface area contributed by atoms with Gasteiger partial charge >= 0.3 is 28.8 Å². The molecule has 0 N–H and O–H groups in total. The average molecular weight is 500 g/mol. The van der Waals surface area contributed by atoms with Crippen LogP contribution >= 0.6 is 7.92 Å². The molecule has 30 heavy (non-hydrogen) atoms. The molecule has 1 aromatic rings. The summed E-state index contributed by atoms with van der Waals surface area (Å²) in [5, 5.41) is 9.89. The van der Waals surface area contributed by atoms with Crippen molar-refractivity contribution in [1.82, 2.24) is 0 Å². The summed E-state index contributed by atoms with van der Waals surface area (Å²) in [6, 6.07) is 1.13. The minimum atomic E-state index is -4.94. The van der Waals surface area contributed by atoms with Crippen molar-refractivity contribution in [2.75, 3.05) is 6.16 Å². The maximum atomic E-state index is 12.9. The monoisotopic (exact) mass is 499 g/mol. The van der Waals surface area contributed by atoms with Crippen molar-refractivity contribution in [3.05, 3.63) is 42.2 Å². The van der Waals surface area contributed by atoms with Crippen LogP contribution in [0.4, 0.5) is 26.3 Å². The molecule has 0 saturated carbocycles. The predicted octanol–water partition coefficient (Wildman–Crippen LogP) is 6.21. The largest absolute Gasteiger partial charge is 2.00 e.